The number of nitrogens with zero attached hydrogens (tertiary/aromatic N) is 2. The first-order valence-electron chi connectivity index (χ1n) is 9.15. The minimum atomic E-state index is -4.45. The third-order valence-corrected chi connectivity index (χ3v) is 5.87. The predicted octanol–water partition coefficient (Wildman–Crippen LogP) is 4.17. The number of rotatable bonds is 3. The van der Waals surface area contributed by atoms with E-state index in [-0.39, 0.29) is 34.8 Å². The molecule has 1 saturated carbocycles. The lowest BCUT2D eigenvalue weighted by Gasteiger charge is -2.53. The maximum absolute atomic E-state index is 13.0. The molecule has 2 aromatic rings. The molecule has 1 aliphatic carbocycles. The van der Waals surface area contributed by atoms with E-state index < -0.39 is 17.7 Å². The van der Waals surface area contributed by atoms with Crippen molar-refractivity contribution in [1.82, 2.24) is 9.78 Å². The average Bonchev–Trinajstić information content (AvgIpc) is 3.24. The molecule has 2 heterocycles. The van der Waals surface area contributed by atoms with Gasteiger partial charge >= 0.3 is 12.1 Å². The van der Waals surface area contributed by atoms with Crippen LogP contribution in [0.15, 0.2) is 30.5 Å². The molecule has 150 valence electrons. The summed E-state index contributed by atoms with van der Waals surface area (Å²) < 4.78 is 51.7. The van der Waals surface area contributed by atoms with Gasteiger partial charge in [-0.3, -0.25) is 0 Å². The van der Waals surface area contributed by atoms with E-state index in [1.165, 1.54) is 23.0 Å². The van der Waals surface area contributed by atoms with Crippen LogP contribution in [0.4, 0.5) is 13.2 Å². The van der Waals surface area contributed by atoms with Gasteiger partial charge in [0.25, 0.3) is 0 Å². The van der Waals surface area contributed by atoms with Crippen LogP contribution < -0.4 is 0 Å². The van der Waals surface area contributed by atoms with Crippen LogP contribution in [0.25, 0.3) is 5.69 Å². The molecular formula is C20H21F3N2O3. The van der Waals surface area contributed by atoms with Crippen LogP contribution in [0.1, 0.15) is 41.9 Å². The van der Waals surface area contributed by atoms with E-state index in [1.807, 2.05) is 13.8 Å². The van der Waals surface area contributed by atoms with E-state index >= 15 is 0 Å². The number of ether oxygens (including phenoxy) is 2. The highest BCUT2D eigenvalue weighted by molar-refractivity contribution is 5.90. The Kier molecular flexibility index (Phi) is 4.30. The number of aromatic nitrogens is 2. The van der Waals surface area contributed by atoms with Crippen LogP contribution in [0.3, 0.4) is 0 Å². The summed E-state index contributed by atoms with van der Waals surface area (Å²) in [5.74, 6) is -0.322. The fourth-order valence-corrected chi connectivity index (χ4v) is 4.38. The van der Waals surface area contributed by atoms with Crippen LogP contribution in [0.2, 0.25) is 0 Å². The normalized spacial score (nSPS) is 25.9. The zero-order chi connectivity index (χ0) is 20.3. The highest BCUT2D eigenvalue weighted by Gasteiger charge is 2.61. The van der Waals surface area contributed by atoms with Crippen molar-refractivity contribution in [2.45, 2.75) is 45.6 Å². The van der Waals surface area contributed by atoms with Crippen LogP contribution in [0.5, 0.6) is 0 Å². The fraction of sp³-hybridized carbons (Fsp3) is 0.500. The lowest BCUT2D eigenvalue weighted by atomic mass is 9.59. The molecule has 5 nitrogen and oxygen atoms in total. The molecule has 4 rings (SSSR count). The standard InChI is InChI=1S/C20H21F3N2O3/c1-11-15(18(26)28-17-14-7-8-27-16(14)19(17,2)3)10-24-25(11)13-6-4-5-12(9-13)20(21,22)23/h4-6,9-10,14,16-17H,7-8H2,1-3H3/t14-,16-,17-/m1/s1. The molecule has 0 amide bonds. The molecule has 2 fully saturated rings. The van der Waals surface area contributed by atoms with Crippen molar-refractivity contribution in [3.63, 3.8) is 0 Å². The number of benzene rings is 1. The Morgan fingerprint density at radius 3 is 2.82 bits per heavy atom. The van der Waals surface area contributed by atoms with Crippen molar-refractivity contribution < 1.29 is 27.4 Å². The summed E-state index contributed by atoms with van der Waals surface area (Å²) in [6.45, 7) is 6.32. The summed E-state index contributed by atoms with van der Waals surface area (Å²) in [6.07, 6.45) is -2.40. The van der Waals surface area contributed by atoms with Crippen LogP contribution in [0, 0.1) is 18.3 Å². The minimum absolute atomic E-state index is 0.0965. The minimum Gasteiger partial charge on any atom is -0.458 e. The second kappa shape index (κ2) is 6.34. The predicted molar refractivity (Wildman–Crippen MR) is 94.1 cm³/mol. The topological polar surface area (TPSA) is 53.4 Å². The maximum Gasteiger partial charge on any atom is 0.416 e. The molecule has 1 aromatic heterocycles. The molecule has 3 atom stereocenters. The molecule has 0 radical (unpaired) electrons. The van der Waals surface area contributed by atoms with Crippen LogP contribution in [-0.4, -0.2) is 34.6 Å². The molecule has 1 aliphatic heterocycles. The number of hydrogen-bond donors (Lipinski definition) is 0. The Morgan fingerprint density at radius 1 is 1.36 bits per heavy atom. The third-order valence-electron chi connectivity index (χ3n) is 5.87. The summed E-state index contributed by atoms with van der Waals surface area (Å²) in [6, 6.07) is 4.83. The zero-order valence-electron chi connectivity index (χ0n) is 15.8. The van der Waals surface area contributed by atoms with E-state index in [0.717, 1.165) is 18.6 Å². The van der Waals surface area contributed by atoms with E-state index in [0.29, 0.717) is 12.3 Å². The Morgan fingerprint density at radius 2 is 2.11 bits per heavy atom. The summed E-state index contributed by atoms with van der Waals surface area (Å²) in [7, 11) is 0. The molecule has 1 saturated heterocycles. The van der Waals surface area contributed by atoms with Crippen molar-refractivity contribution in [2.24, 2.45) is 11.3 Å². The number of esters is 1. The zero-order valence-corrected chi connectivity index (χ0v) is 15.8. The number of carbonyl (C=O) groups excluding carboxylic acids is 1. The van der Waals surface area contributed by atoms with E-state index in [9.17, 15) is 18.0 Å². The largest absolute Gasteiger partial charge is 0.458 e. The molecule has 0 bridgehead atoms. The second-order valence-electron chi connectivity index (χ2n) is 7.99. The number of halogens is 3. The van der Waals surface area contributed by atoms with Gasteiger partial charge in [0.05, 0.1) is 29.2 Å². The van der Waals surface area contributed by atoms with Gasteiger partial charge < -0.3 is 9.47 Å². The SMILES string of the molecule is Cc1c(C(=O)O[C@@H]2[C@@H]3CCO[C@H]3C2(C)C)cnn1-c1cccc(C(F)(F)F)c1. The van der Waals surface area contributed by atoms with Crippen molar-refractivity contribution >= 4 is 5.97 Å². The number of alkyl halides is 3. The van der Waals surface area contributed by atoms with Gasteiger partial charge in [-0.15, -0.1) is 0 Å². The Bertz CT molecular complexity index is 920. The summed E-state index contributed by atoms with van der Waals surface area (Å²) >= 11 is 0. The molecule has 2 aliphatic rings. The maximum atomic E-state index is 13.0. The van der Waals surface area contributed by atoms with Gasteiger partial charge in [-0.2, -0.15) is 18.3 Å². The molecular weight excluding hydrogens is 373 g/mol. The van der Waals surface area contributed by atoms with Crippen molar-refractivity contribution in [2.75, 3.05) is 6.61 Å². The van der Waals surface area contributed by atoms with Crippen LogP contribution in [-0.2, 0) is 15.7 Å². The molecule has 8 heteroatoms. The molecule has 0 N–H and O–H groups in total. The summed E-state index contributed by atoms with van der Waals surface area (Å²) in [5, 5.41) is 4.11. The average molecular weight is 394 g/mol. The van der Waals surface area contributed by atoms with E-state index in [1.54, 1.807) is 6.92 Å². The first-order chi connectivity index (χ1) is 13.1. The second-order valence-corrected chi connectivity index (χ2v) is 7.99. The van der Waals surface area contributed by atoms with Crippen LogP contribution >= 0.6 is 0 Å². The first-order valence-corrected chi connectivity index (χ1v) is 9.15. The fourth-order valence-electron chi connectivity index (χ4n) is 4.38. The molecule has 0 unspecified atom stereocenters. The summed E-state index contributed by atoms with van der Waals surface area (Å²) in [5.41, 5.74) is -0.120. The monoisotopic (exact) mass is 394 g/mol. The highest BCUT2D eigenvalue weighted by atomic mass is 19.4. The highest BCUT2D eigenvalue weighted by Crippen LogP contribution is 2.53. The quantitative estimate of drug-likeness (QED) is 0.734. The Balaban J connectivity index is 1.57. The van der Waals surface area contributed by atoms with Crippen molar-refractivity contribution in [3.05, 3.63) is 47.3 Å². The lowest BCUT2D eigenvalue weighted by Crippen LogP contribution is -2.61. The Hall–Kier alpha value is -2.35. The summed E-state index contributed by atoms with van der Waals surface area (Å²) in [4.78, 5) is 12.7. The Labute approximate surface area is 160 Å². The van der Waals surface area contributed by atoms with E-state index in [4.69, 9.17) is 9.47 Å². The number of hydrogen-bond acceptors (Lipinski definition) is 4. The van der Waals surface area contributed by atoms with Gasteiger partial charge in [0.1, 0.15) is 11.7 Å². The third kappa shape index (κ3) is 2.90. The molecule has 0 spiro atoms. The van der Waals surface area contributed by atoms with Gasteiger partial charge in [0, 0.05) is 17.9 Å². The first kappa shape index (κ1) is 19.0. The number of fused-ring (bicyclic) bond motifs is 1. The van der Waals surface area contributed by atoms with E-state index in [2.05, 4.69) is 5.10 Å². The van der Waals surface area contributed by atoms with Gasteiger partial charge in [0.2, 0.25) is 0 Å². The molecule has 1 aromatic carbocycles. The number of carbonyl (C=O) groups is 1. The lowest BCUT2D eigenvalue weighted by molar-refractivity contribution is -0.183. The van der Waals surface area contributed by atoms with Gasteiger partial charge in [-0.25, -0.2) is 9.48 Å². The van der Waals surface area contributed by atoms with Crippen molar-refractivity contribution in [3.8, 4) is 5.69 Å². The van der Waals surface area contributed by atoms with Gasteiger partial charge in [-0.1, -0.05) is 19.9 Å². The molecule has 28 heavy (non-hydrogen) atoms. The smallest absolute Gasteiger partial charge is 0.416 e. The van der Waals surface area contributed by atoms with Gasteiger partial charge in [-0.05, 0) is 31.5 Å². The van der Waals surface area contributed by atoms with Gasteiger partial charge in [0.15, 0.2) is 0 Å². The van der Waals surface area contributed by atoms with Crippen molar-refractivity contribution in [1.29, 1.82) is 0 Å².